The quantitative estimate of drug-likeness (QED) is 0.555. The molecule has 0 bridgehead atoms. The molecule has 0 unspecified atom stereocenters. The second-order valence-electron chi connectivity index (χ2n) is 6.43. The standard InChI is InChI=1S/C19H18N4O3/c1-10(2)17-22-16-12(18(24)26-3)5-4-6-15(16)23(17)11-7-8-13-14(9-11)21-19(25)20-13/h4-10H,1-3H3,(H2,20,21,25). The van der Waals surface area contributed by atoms with Gasteiger partial charge in [0.05, 0.1) is 29.2 Å². The van der Waals surface area contributed by atoms with Crippen LogP contribution in [0.3, 0.4) is 0 Å². The van der Waals surface area contributed by atoms with E-state index in [9.17, 15) is 9.59 Å². The summed E-state index contributed by atoms with van der Waals surface area (Å²) in [7, 11) is 1.36. The molecule has 0 aliphatic heterocycles. The molecule has 0 fully saturated rings. The van der Waals surface area contributed by atoms with Gasteiger partial charge < -0.3 is 14.7 Å². The van der Waals surface area contributed by atoms with Crippen LogP contribution >= 0.6 is 0 Å². The highest BCUT2D eigenvalue weighted by Gasteiger charge is 2.20. The van der Waals surface area contributed by atoms with Gasteiger partial charge in [-0.15, -0.1) is 0 Å². The average molecular weight is 350 g/mol. The van der Waals surface area contributed by atoms with Crippen LogP contribution in [0.25, 0.3) is 27.8 Å². The Balaban J connectivity index is 2.04. The molecule has 7 heteroatoms. The molecule has 7 nitrogen and oxygen atoms in total. The maximum absolute atomic E-state index is 12.1. The third-order valence-corrected chi connectivity index (χ3v) is 4.39. The fourth-order valence-corrected chi connectivity index (χ4v) is 3.21. The summed E-state index contributed by atoms with van der Waals surface area (Å²) in [5.74, 6) is 0.545. The number of carbonyl (C=O) groups is 1. The van der Waals surface area contributed by atoms with Crippen LogP contribution < -0.4 is 5.69 Å². The Morgan fingerprint density at radius 1 is 1.15 bits per heavy atom. The van der Waals surface area contributed by atoms with Crippen LogP contribution in [-0.4, -0.2) is 32.6 Å². The highest BCUT2D eigenvalue weighted by molar-refractivity contribution is 6.02. The first-order chi connectivity index (χ1) is 12.5. The van der Waals surface area contributed by atoms with Gasteiger partial charge >= 0.3 is 11.7 Å². The second kappa shape index (κ2) is 5.87. The Labute approximate surface area is 148 Å². The number of H-pyrrole nitrogens is 2. The summed E-state index contributed by atoms with van der Waals surface area (Å²) in [6.07, 6.45) is 0. The SMILES string of the molecule is COC(=O)c1cccc2c1nc(C(C)C)n2-c1ccc2[nH]c(=O)[nH]c2c1. The van der Waals surface area contributed by atoms with Gasteiger partial charge in [0.1, 0.15) is 11.3 Å². The zero-order chi connectivity index (χ0) is 18.4. The van der Waals surface area contributed by atoms with Crippen LogP contribution in [0.4, 0.5) is 0 Å². The van der Waals surface area contributed by atoms with Crippen molar-refractivity contribution in [1.29, 1.82) is 0 Å². The molecule has 4 aromatic rings. The van der Waals surface area contributed by atoms with E-state index in [1.807, 2.05) is 48.7 Å². The molecule has 2 aromatic heterocycles. The van der Waals surface area contributed by atoms with Gasteiger partial charge in [0, 0.05) is 11.6 Å². The minimum absolute atomic E-state index is 0.133. The predicted molar refractivity (Wildman–Crippen MR) is 99.0 cm³/mol. The lowest BCUT2D eigenvalue weighted by atomic mass is 10.1. The molecule has 0 aliphatic rings. The molecule has 0 amide bonds. The van der Waals surface area contributed by atoms with Crippen molar-refractivity contribution in [2.24, 2.45) is 0 Å². The number of hydrogen-bond acceptors (Lipinski definition) is 4. The minimum atomic E-state index is -0.416. The smallest absolute Gasteiger partial charge is 0.340 e. The van der Waals surface area contributed by atoms with Crippen molar-refractivity contribution in [2.45, 2.75) is 19.8 Å². The maximum Gasteiger partial charge on any atom is 0.340 e. The molecule has 0 atom stereocenters. The molecular weight excluding hydrogens is 332 g/mol. The summed E-state index contributed by atoms with van der Waals surface area (Å²) in [6.45, 7) is 4.10. The number of rotatable bonds is 3. The summed E-state index contributed by atoms with van der Waals surface area (Å²) in [5, 5.41) is 0. The molecule has 0 radical (unpaired) electrons. The lowest BCUT2D eigenvalue weighted by Crippen LogP contribution is -2.03. The van der Waals surface area contributed by atoms with Crippen molar-refractivity contribution >= 4 is 28.0 Å². The van der Waals surface area contributed by atoms with E-state index in [-0.39, 0.29) is 11.6 Å². The number of fused-ring (bicyclic) bond motifs is 2. The van der Waals surface area contributed by atoms with E-state index in [2.05, 4.69) is 9.97 Å². The van der Waals surface area contributed by atoms with Crippen molar-refractivity contribution in [3.8, 4) is 5.69 Å². The third-order valence-electron chi connectivity index (χ3n) is 4.39. The highest BCUT2D eigenvalue weighted by Crippen LogP contribution is 2.29. The number of methoxy groups -OCH3 is 1. The van der Waals surface area contributed by atoms with Crippen molar-refractivity contribution in [2.75, 3.05) is 7.11 Å². The molecule has 4 rings (SSSR count). The Hall–Kier alpha value is -3.35. The number of para-hydroxylation sites is 1. The van der Waals surface area contributed by atoms with E-state index in [1.54, 1.807) is 6.07 Å². The van der Waals surface area contributed by atoms with Gasteiger partial charge in [0.2, 0.25) is 0 Å². The fraction of sp³-hybridized carbons (Fsp3) is 0.211. The summed E-state index contributed by atoms with van der Waals surface area (Å²) >= 11 is 0. The monoisotopic (exact) mass is 350 g/mol. The lowest BCUT2D eigenvalue weighted by Gasteiger charge is -2.11. The van der Waals surface area contributed by atoms with Crippen LogP contribution in [-0.2, 0) is 4.74 Å². The van der Waals surface area contributed by atoms with E-state index in [1.165, 1.54) is 7.11 Å². The van der Waals surface area contributed by atoms with Gasteiger partial charge in [0.15, 0.2) is 0 Å². The number of imidazole rings is 2. The van der Waals surface area contributed by atoms with E-state index in [0.717, 1.165) is 22.5 Å². The van der Waals surface area contributed by atoms with Crippen molar-refractivity contribution in [1.82, 2.24) is 19.5 Å². The zero-order valence-electron chi connectivity index (χ0n) is 14.7. The number of esters is 1. The summed E-state index contributed by atoms with van der Waals surface area (Å²) in [4.78, 5) is 33.9. The van der Waals surface area contributed by atoms with E-state index in [4.69, 9.17) is 9.72 Å². The maximum atomic E-state index is 12.1. The van der Waals surface area contributed by atoms with Crippen LogP contribution in [0.2, 0.25) is 0 Å². The number of benzene rings is 2. The summed E-state index contributed by atoms with van der Waals surface area (Å²) in [6, 6.07) is 11.1. The number of aromatic amines is 2. The second-order valence-corrected chi connectivity index (χ2v) is 6.43. The molecule has 0 spiro atoms. The third kappa shape index (κ3) is 2.40. The molecule has 2 N–H and O–H groups in total. The Morgan fingerprint density at radius 2 is 1.92 bits per heavy atom. The van der Waals surface area contributed by atoms with E-state index in [0.29, 0.717) is 16.6 Å². The van der Waals surface area contributed by atoms with Crippen LogP contribution in [0.1, 0.15) is 35.9 Å². The Morgan fingerprint density at radius 3 is 2.65 bits per heavy atom. The number of carbonyl (C=O) groups excluding carboxylic acids is 1. The number of nitrogens with zero attached hydrogens (tertiary/aromatic N) is 2. The lowest BCUT2D eigenvalue weighted by molar-refractivity contribution is 0.0603. The van der Waals surface area contributed by atoms with Crippen molar-refractivity contribution in [3.05, 3.63) is 58.3 Å². The molecular formula is C19H18N4O3. The van der Waals surface area contributed by atoms with Crippen LogP contribution in [0.5, 0.6) is 0 Å². The highest BCUT2D eigenvalue weighted by atomic mass is 16.5. The summed E-state index contributed by atoms with van der Waals surface area (Å²) in [5.41, 5.74) is 3.92. The van der Waals surface area contributed by atoms with Gasteiger partial charge in [-0.25, -0.2) is 14.6 Å². The van der Waals surface area contributed by atoms with E-state index >= 15 is 0 Å². The molecule has 2 aromatic carbocycles. The van der Waals surface area contributed by atoms with Gasteiger partial charge in [-0.3, -0.25) is 4.57 Å². The zero-order valence-corrected chi connectivity index (χ0v) is 14.7. The molecule has 0 aliphatic carbocycles. The number of aromatic nitrogens is 4. The minimum Gasteiger partial charge on any atom is -0.465 e. The first-order valence-corrected chi connectivity index (χ1v) is 8.31. The molecule has 0 saturated carbocycles. The molecule has 26 heavy (non-hydrogen) atoms. The van der Waals surface area contributed by atoms with Crippen LogP contribution in [0.15, 0.2) is 41.2 Å². The largest absolute Gasteiger partial charge is 0.465 e. The Bertz CT molecular complexity index is 1200. The molecule has 0 saturated heterocycles. The summed E-state index contributed by atoms with van der Waals surface area (Å²) < 4.78 is 6.90. The normalized spacial score (nSPS) is 11.5. The molecule has 2 heterocycles. The number of ether oxygens (including phenoxy) is 1. The van der Waals surface area contributed by atoms with Crippen molar-refractivity contribution < 1.29 is 9.53 Å². The first-order valence-electron chi connectivity index (χ1n) is 8.31. The fourth-order valence-electron chi connectivity index (χ4n) is 3.21. The van der Waals surface area contributed by atoms with Gasteiger partial charge in [-0.2, -0.15) is 0 Å². The number of nitrogens with one attached hydrogen (secondary N) is 2. The topological polar surface area (TPSA) is 92.8 Å². The number of hydrogen-bond donors (Lipinski definition) is 2. The van der Waals surface area contributed by atoms with Gasteiger partial charge in [-0.05, 0) is 30.3 Å². The Kier molecular flexibility index (Phi) is 3.64. The van der Waals surface area contributed by atoms with Crippen LogP contribution in [0, 0.1) is 0 Å². The predicted octanol–water partition coefficient (Wildman–Crippen LogP) is 3.11. The van der Waals surface area contributed by atoms with Gasteiger partial charge in [-0.1, -0.05) is 19.9 Å². The van der Waals surface area contributed by atoms with Gasteiger partial charge in [0.25, 0.3) is 0 Å². The first kappa shape index (κ1) is 16.1. The molecule has 132 valence electrons. The average Bonchev–Trinajstić information content (AvgIpc) is 3.19. The van der Waals surface area contributed by atoms with Crippen molar-refractivity contribution in [3.63, 3.8) is 0 Å². The van der Waals surface area contributed by atoms with E-state index < -0.39 is 5.97 Å².